The van der Waals surface area contributed by atoms with E-state index in [4.69, 9.17) is 0 Å². The lowest BCUT2D eigenvalue weighted by Crippen LogP contribution is -2.47. The van der Waals surface area contributed by atoms with Gasteiger partial charge in [0, 0.05) is 36.4 Å². The minimum Gasteiger partial charge on any atom is -0.365 e. The molecule has 0 spiro atoms. The van der Waals surface area contributed by atoms with Crippen LogP contribution in [0.4, 0.5) is 0 Å². The molecule has 0 amide bonds. The van der Waals surface area contributed by atoms with Gasteiger partial charge in [-0.05, 0) is 38.3 Å². The molecule has 0 bridgehead atoms. The van der Waals surface area contributed by atoms with Crippen molar-refractivity contribution in [1.82, 2.24) is 9.88 Å². The molecule has 0 aromatic carbocycles. The van der Waals surface area contributed by atoms with E-state index in [1.807, 2.05) is 0 Å². The molecular formula is C15H26N2. The van der Waals surface area contributed by atoms with Crippen LogP contribution >= 0.6 is 0 Å². The number of rotatable bonds is 4. The summed E-state index contributed by atoms with van der Waals surface area (Å²) in [4.78, 5) is 6.18. The zero-order valence-electron chi connectivity index (χ0n) is 11.7. The van der Waals surface area contributed by atoms with Crippen LogP contribution in [-0.2, 0) is 6.42 Å². The number of fused-ring (bicyclic) bond motifs is 1. The van der Waals surface area contributed by atoms with Crippen LogP contribution in [0.3, 0.4) is 0 Å². The van der Waals surface area contributed by atoms with Gasteiger partial charge in [-0.3, -0.25) is 4.90 Å². The van der Waals surface area contributed by atoms with Crippen LogP contribution in [-0.4, -0.2) is 22.0 Å². The predicted molar refractivity (Wildman–Crippen MR) is 73.2 cm³/mol. The van der Waals surface area contributed by atoms with Crippen LogP contribution in [0.15, 0.2) is 12.3 Å². The molecule has 1 aromatic rings. The van der Waals surface area contributed by atoms with Crippen molar-refractivity contribution in [2.75, 3.05) is 0 Å². The molecular weight excluding hydrogens is 208 g/mol. The van der Waals surface area contributed by atoms with Gasteiger partial charge >= 0.3 is 0 Å². The minimum atomic E-state index is 0.625. The highest BCUT2D eigenvalue weighted by molar-refractivity contribution is 5.28. The summed E-state index contributed by atoms with van der Waals surface area (Å²) in [6.07, 6.45) is 7.09. The molecule has 1 aliphatic rings. The van der Waals surface area contributed by atoms with Gasteiger partial charge in [0.25, 0.3) is 0 Å². The molecule has 2 heterocycles. The maximum atomic E-state index is 3.44. The smallest absolute Gasteiger partial charge is 0.0371 e. The van der Waals surface area contributed by atoms with Gasteiger partial charge in [0.15, 0.2) is 0 Å². The van der Waals surface area contributed by atoms with Crippen LogP contribution in [0.1, 0.15) is 64.3 Å². The number of aromatic nitrogens is 1. The Labute approximate surface area is 105 Å². The van der Waals surface area contributed by atoms with E-state index in [2.05, 4.69) is 49.8 Å². The normalized spacial score (nSPS) is 25.2. The van der Waals surface area contributed by atoms with Crippen LogP contribution < -0.4 is 0 Å². The molecule has 0 fully saturated rings. The van der Waals surface area contributed by atoms with Crippen molar-refractivity contribution >= 4 is 0 Å². The Bertz CT molecular complexity index is 354. The summed E-state index contributed by atoms with van der Waals surface area (Å²) in [5, 5.41) is 0. The highest BCUT2D eigenvalue weighted by Gasteiger charge is 2.34. The summed E-state index contributed by atoms with van der Waals surface area (Å²) in [6.45, 7) is 9.28. The first-order valence-corrected chi connectivity index (χ1v) is 7.12. The third kappa shape index (κ3) is 2.28. The molecule has 96 valence electrons. The van der Waals surface area contributed by atoms with Crippen LogP contribution in [0, 0.1) is 0 Å². The Morgan fingerprint density at radius 3 is 2.76 bits per heavy atom. The van der Waals surface area contributed by atoms with Crippen LogP contribution in [0.2, 0.25) is 0 Å². The number of hydrogen-bond donors (Lipinski definition) is 1. The van der Waals surface area contributed by atoms with E-state index in [9.17, 15) is 0 Å². The Balaban J connectivity index is 2.34. The van der Waals surface area contributed by atoms with Gasteiger partial charge in [0.1, 0.15) is 0 Å². The zero-order valence-corrected chi connectivity index (χ0v) is 11.7. The van der Waals surface area contributed by atoms with Gasteiger partial charge in [-0.25, -0.2) is 0 Å². The van der Waals surface area contributed by atoms with E-state index in [0.717, 1.165) is 0 Å². The monoisotopic (exact) mass is 234 g/mol. The van der Waals surface area contributed by atoms with E-state index in [1.54, 1.807) is 5.56 Å². The van der Waals surface area contributed by atoms with Crippen molar-refractivity contribution in [3.05, 3.63) is 23.5 Å². The number of H-pyrrole nitrogens is 1. The summed E-state index contributed by atoms with van der Waals surface area (Å²) in [6, 6.07) is 4.26. The average molecular weight is 234 g/mol. The molecule has 0 saturated carbocycles. The molecule has 1 aromatic heterocycles. The fourth-order valence-electron chi connectivity index (χ4n) is 3.38. The lowest BCUT2D eigenvalue weighted by atomic mass is 9.88. The molecule has 0 radical (unpaired) electrons. The quantitative estimate of drug-likeness (QED) is 0.837. The molecule has 2 atom stereocenters. The second-order valence-corrected chi connectivity index (χ2v) is 5.52. The second-order valence-electron chi connectivity index (χ2n) is 5.52. The first-order chi connectivity index (χ1) is 8.19. The molecule has 17 heavy (non-hydrogen) atoms. The second kappa shape index (κ2) is 5.26. The summed E-state index contributed by atoms with van der Waals surface area (Å²) < 4.78 is 0. The van der Waals surface area contributed by atoms with Gasteiger partial charge in [-0.15, -0.1) is 0 Å². The Hall–Kier alpha value is -0.760. The first-order valence-electron chi connectivity index (χ1n) is 7.12. The van der Waals surface area contributed by atoms with Crippen molar-refractivity contribution in [2.45, 2.75) is 71.5 Å². The molecule has 2 nitrogen and oxygen atoms in total. The standard InChI is InChI=1S/C15H26N2/c1-5-7-15-13-8-9-16-14(13)10-12(6-2)17(15)11(3)4/h8-9,11-12,15-16H,5-7,10H2,1-4H3/t12-,15+/m0/s1. The van der Waals surface area contributed by atoms with Crippen molar-refractivity contribution in [3.8, 4) is 0 Å². The minimum absolute atomic E-state index is 0.625. The van der Waals surface area contributed by atoms with E-state index in [0.29, 0.717) is 18.1 Å². The number of nitrogens with one attached hydrogen (secondary N) is 1. The molecule has 0 unspecified atom stereocenters. The lowest BCUT2D eigenvalue weighted by Gasteiger charge is -2.44. The lowest BCUT2D eigenvalue weighted by molar-refractivity contribution is 0.0711. The molecule has 0 saturated heterocycles. The third-order valence-corrected chi connectivity index (χ3v) is 4.08. The van der Waals surface area contributed by atoms with Crippen LogP contribution in [0.5, 0.6) is 0 Å². The van der Waals surface area contributed by atoms with Gasteiger partial charge in [0.05, 0.1) is 0 Å². The predicted octanol–water partition coefficient (Wildman–Crippen LogP) is 3.90. The van der Waals surface area contributed by atoms with Crippen LogP contribution in [0.25, 0.3) is 0 Å². The molecule has 0 aliphatic carbocycles. The fraction of sp³-hybridized carbons (Fsp3) is 0.733. The molecule has 2 heteroatoms. The third-order valence-electron chi connectivity index (χ3n) is 4.08. The Kier molecular flexibility index (Phi) is 3.93. The van der Waals surface area contributed by atoms with E-state index in [1.165, 1.54) is 31.4 Å². The Morgan fingerprint density at radius 1 is 1.41 bits per heavy atom. The van der Waals surface area contributed by atoms with E-state index in [-0.39, 0.29) is 0 Å². The number of hydrogen-bond acceptors (Lipinski definition) is 1. The van der Waals surface area contributed by atoms with Crippen molar-refractivity contribution < 1.29 is 0 Å². The fourth-order valence-corrected chi connectivity index (χ4v) is 3.38. The van der Waals surface area contributed by atoms with Gasteiger partial charge < -0.3 is 4.98 Å². The first kappa shape index (κ1) is 12.7. The van der Waals surface area contributed by atoms with Crippen molar-refractivity contribution in [3.63, 3.8) is 0 Å². The molecule has 1 N–H and O–H groups in total. The van der Waals surface area contributed by atoms with Gasteiger partial charge in [-0.2, -0.15) is 0 Å². The van der Waals surface area contributed by atoms with Gasteiger partial charge in [-0.1, -0.05) is 20.3 Å². The highest BCUT2D eigenvalue weighted by atomic mass is 15.2. The van der Waals surface area contributed by atoms with Crippen molar-refractivity contribution in [1.29, 1.82) is 0 Å². The van der Waals surface area contributed by atoms with Crippen molar-refractivity contribution in [2.24, 2.45) is 0 Å². The maximum absolute atomic E-state index is 3.44. The SMILES string of the molecule is CCC[C@@H]1c2cc[nH]c2C[C@H](CC)N1C(C)C. The summed E-state index contributed by atoms with van der Waals surface area (Å²) in [5.41, 5.74) is 3.03. The zero-order chi connectivity index (χ0) is 12.4. The number of nitrogens with zero attached hydrogens (tertiary/aromatic N) is 1. The summed E-state index contributed by atoms with van der Waals surface area (Å²) in [7, 11) is 0. The molecule has 2 rings (SSSR count). The Morgan fingerprint density at radius 2 is 2.18 bits per heavy atom. The maximum Gasteiger partial charge on any atom is 0.0371 e. The summed E-state index contributed by atoms with van der Waals surface area (Å²) >= 11 is 0. The van der Waals surface area contributed by atoms with Gasteiger partial charge in [0.2, 0.25) is 0 Å². The highest BCUT2D eigenvalue weighted by Crippen LogP contribution is 2.37. The summed E-state index contributed by atoms with van der Waals surface area (Å²) in [5.74, 6) is 0. The average Bonchev–Trinajstić information content (AvgIpc) is 2.76. The van der Waals surface area contributed by atoms with E-state index >= 15 is 0 Å². The topological polar surface area (TPSA) is 19.0 Å². The molecule has 1 aliphatic heterocycles. The van der Waals surface area contributed by atoms with E-state index < -0.39 is 0 Å². The number of aromatic amines is 1. The largest absolute Gasteiger partial charge is 0.365 e.